The molecule has 8 nitrogen and oxygen atoms in total. The van der Waals surface area contributed by atoms with Gasteiger partial charge in [-0.05, 0) is 30.9 Å². The highest BCUT2D eigenvalue weighted by Crippen LogP contribution is 2.32. The first kappa shape index (κ1) is 18.8. The molecular formula is C20H24N4O4. The molecule has 1 atom stereocenters. The number of imide groups is 2. The van der Waals surface area contributed by atoms with E-state index >= 15 is 0 Å². The predicted molar refractivity (Wildman–Crippen MR) is 100 cm³/mol. The molecule has 1 aromatic carbocycles. The summed E-state index contributed by atoms with van der Waals surface area (Å²) in [6, 6.07) is 4.23. The van der Waals surface area contributed by atoms with E-state index in [1.165, 1.54) is 0 Å². The van der Waals surface area contributed by atoms with Gasteiger partial charge in [0, 0.05) is 25.0 Å². The molecular weight excluding hydrogens is 360 g/mol. The average Bonchev–Trinajstić information content (AvgIpc) is 3.26. The molecule has 148 valence electrons. The van der Waals surface area contributed by atoms with Gasteiger partial charge in [-0.3, -0.25) is 29.4 Å². The van der Waals surface area contributed by atoms with Crippen LogP contribution in [0.4, 0.5) is 0 Å². The van der Waals surface area contributed by atoms with Gasteiger partial charge in [0.25, 0.3) is 11.8 Å². The molecule has 8 heteroatoms. The lowest BCUT2D eigenvalue weighted by molar-refractivity contribution is -0.136. The molecule has 0 bridgehead atoms. The van der Waals surface area contributed by atoms with Crippen molar-refractivity contribution in [3.05, 3.63) is 34.9 Å². The molecule has 2 aliphatic heterocycles. The van der Waals surface area contributed by atoms with Crippen LogP contribution in [0.15, 0.2) is 18.2 Å². The van der Waals surface area contributed by atoms with Crippen molar-refractivity contribution in [3.8, 4) is 0 Å². The first-order valence-electron chi connectivity index (χ1n) is 9.74. The minimum atomic E-state index is -0.948. The quantitative estimate of drug-likeness (QED) is 0.634. The summed E-state index contributed by atoms with van der Waals surface area (Å²) in [5.41, 5.74) is 7.23. The lowest BCUT2D eigenvalue weighted by Gasteiger charge is -2.29. The number of nitrogens with one attached hydrogen (secondary N) is 2. The first-order chi connectivity index (χ1) is 13.5. The summed E-state index contributed by atoms with van der Waals surface area (Å²) in [6.45, 7) is 0.958. The Kier molecular flexibility index (Phi) is 4.76. The van der Waals surface area contributed by atoms with Crippen molar-refractivity contribution in [2.75, 3.05) is 6.54 Å². The summed E-state index contributed by atoms with van der Waals surface area (Å²) in [4.78, 5) is 50.6. The third kappa shape index (κ3) is 3.02. The van der Waals surface area contributed by atoms with E-state index < -0.39 is 23.8 Å². The van der Waals surface area contributed by atoms with Crippen molar-refractivity contribution >= 4 is 23.6 Å². The number of piperidine rings is 1. The molecule has 4 amide bonds. The molecule has 0 radical (unpaired) electrons. The maximum Gasteiger partial charge on any atom is 0.262 e. The van der Waals surface area contributed by atoms with E-state index in [1.54, 1.807) is 12.1 Å². The molecule has 0 spiro atoms. The summed E-state index contributed by atoms with van der Waals surface area (Å²) >= 11 is 0. The van der Waals surface area contributed by atoms with Gasteiger partial charge in [0.1, 0.15) is 6.04 Å². The van der Waals surface area contributed by atoms with Gasteiger partial charge in [0.15, 0.2) is 0 Å². The normalized spacial score (nSPS) is 23.9. The number of fused-ring (bicyclic) bond motifs is 1. The average molecular weight is 384 g/mol. The van der Waals surface area contributed by atoms with Crippen LogP contribution < -0.4 is 16.4 Å². The lowest BCUT2D eigenvalue weighted by atomic mass is 9.96. The van der Waals surface area contributed by atoms with Crippen LogP contribution in [0.3, 0.4) is 0 Å². The highest BCUT2D eigenvalue weighted by atomic mass is 16.2. The Bertz CT molecular complexity index is 860. The van der Waals surface area contributed by atoms with Crippen LogP contribution in [0.25, 0.3) is 0 Å². The second kappa shape index (κ2) is 7.10. The van der Waals surface area contributed by atoms with Crippen LogP contribution in [0, 0.1) is 0 Å². The summed E-state index contributed by atoms with van der Waals surface area (Å²) < 4.78 is 0. The maximum atomic E-state index is 13.1. The van der Waals surface area contributed by atoms with Gasteiger partial charge in [-0.2, -0.15) is 0 Å². The van der Waals surface area contributed by atoms with E-state index in [9.17, 15) is 19.2 Å². The van der Waals surface area contributed by atoms with Crippen LogP contribution in [0.5, 0.6) is 0 Å². The van der Waals surface area contributed by atoms with Crippen molar-refractivity contribution < 1.29 is 19.2 Å². The number of nitrogens with zero attached hydrogens (tertiary/aromatic N) is 1. The van der Waals surface area contributed by atoms with Crippen LogP contribution in [-0.2, 0) is 16.1 Å². The largest absolute Gasteiger partial charge is 0.329 e. The third-order valence-corrected chi connectivity index (χ3v) is 6.16. The zero-order valence-corrected chi connectivity index (χ0v) is 15.6. The van der Waals surface area contributed by atoms with E-state index in [1.807, 2.05) is 6.07 Å². The highest BCUT2D eigenvalue weighted by Gasteiger charge is 2.45. The number of benzene rings is 1. The van der Waals surface area contributed by atoms with E-state index in [-0.39, 0.29) is 24.3 Å². The maximum absolute atomic E-state index is 13.1. The zero-order chi connectivity index (χ0) is 19.9. The van der Waals surface area contributed by atoms with E-state index in [2.05, 4.69) is 10.6 Å². The van der Waals surface area contributed by atoms with Crippen molar-refractivity contribution in [3.63, 3.8) is 0 Å². The van der Waals surface area contributed by atoms with E-state index in [0.29, 0.717) is 24.2 Å². The molecule has 1 saturated carbocycles. The fourth-order valence-corrected chi connectivity index (χ4v) is 4.52. The Balaban J connectivity index is 1.59. The van der Waals surface area contributed by atoms with Crippen LogP contribution in [0.2, 0.25) is 0 Å². The Morgan fingerprint density at radius 2 is 1.89 bits per heavy atom. The topological polar surface area (TPSA) is 122 Å². The summed E-state index contributed by atoms with van der Waals surface area (Å²) in [6.07, 6.45) is 4.49. The SMILES string of the molecule is NCC1(NCc2cccc3c2C(=O)N(C2CCC(=O)NC2=O)C3=O)CCCC1. The summed E-state index contributed by atoms with van der Waals surface area (Å²) in [5, 5.41) is 5.72. The Hall–Kier alpha value is -2.58. The smallest absolute Gasteiger partial charge is 0.262 e. The van der Waals surface area contributed by atoms with Crippen molar-refractivity contribution in [1.29, 1.82) is 0 Å². The number of rotatable bonds is 5. The standard InChI is InChI=1S/C20H24N4O4/c21-11-20(8-1-2-9-20)22-10-12-4-3-5-13-16(12)19(28)24(18(13)27)14-6-7-15(25)23-17(14)26/h3-5,14,22H,1-2,6-11,21H2,(H,23,25,26). The highest BCUT2D eigenvalue weighted by molar-refractivity contribution is 6.24. The third-order valence-electron chi connectivity index (χ3n) is 6.16. The lowest BCUT2D eigenvalue weighted by Crippen LogP contribution is -2.54. The van der Waals surface area contributed by atoms with Crippen molar-refractivity contribution in [2.45, 2.75) is 56.7 Å². The van der Waals surface area contributed by atoms with Gasteiger partial charge < -0.3 is 11.1 Å². The number of carbonyl (C=O) groups excluding carboxylic acids is 4. The molecule has 2 fully saturated rings. The minimum Gasteiger partial charge on any atom is -0.329 e. The second-order valence-corrected chi connectivity index (χ2v) is 7.83. The number of carbonyl (C=O) groups is 4. The molecule has 4 rings (SSSR count). The molecule has 1 unspecified atom stereocenters. The second-order valence-electron chi connectivity index (χ2n) is 7.83. The molecule has 2 heterocycles. The number of nitrogens with two attached hydrogens (primary N) is 1. The zero-order valence-electron chi connectivity index (χ0n) is 15.6. The molecule has 1 aromatic rings. The first-order valence-corrected chi connectivity index (χ1v) is 9.74. The van der Waals surface area contributed by atoms with Gasteiger partial charge in [-0.15, -0.1) is 0 Å². The van der Waals surface area contributed by atoms with E-state index in [4.69, 9.17) is 5.73 Å². The van der Waals surface area contributed by atoms with Crippen LogP contribution >= 0.6 is 0 Å². The number of hydrogen-bond donors (Lipinski definition) is 3. The van der Waals surface area contributed by atoms with Gasteiger partial charge in [0.05, 0.1) is 11.1 Å². The van der Waals surface area contributed by atoms with Gasteiger partial charge in [-0.1, -0.05) is 25.0 Å². The predicted octanol–water partition coefficient (Wildman–Crippen LogP) is 0.449. The number of amides is 4. The van der Waals surface area contributed by atoms with Gasteiger partial charge in [-0.25, -0.2) is 0 Å². The van der Waals surface area contributed by atoms with Gasteiger partial charge in [0.2, 0.25) is 11.8 Å². The monoisotopic (exact) mass is 384 g/mol. The minimum absolute atomic E-state index is 0.108. The number of hydrogen-bond acceptors (Lipinski definition) is 6. The molecule has 28 heavy (non-hydrogen) atoms. The van der Waals surface area contributed by atoms with Crippen LogP contribution in [0.1, 0.15) is 64.8 Å². The Morgan fingerprint density at radius 1 is 1.14 bits per heavy atom. The van der Waals surface area contributed by atoms with Crippen LogP contribution in [-0.4, -0.2) is 46.7 Å². The Labute approximate surface area is 162 Å². The summed E-state index contributed by atoms with van der Waals surface area (Å²) in [5.74, 6) is -1.93. The fourth-order valence-electron chi connectivity index (χ4n) is 4.52. The molecule has 3 aliphatic rings. The van der Waals surface area contributed by atoms with Crippen molar-refractivity contribution in [1.82, 2.24) is 15.5 Å². The Morgan fingerprint density at radius 3 is 2.57 bits per heavy atom. The molecule has 1 aliphatic carbocycles. The molecule has 4 N–H and O–H groups in total. The van der Waals surface area contributed by atoms with Crippen molar-refractivity contribution in [2.24, 2.45) is 5.73 Å². The van der Waals surface area contributed by atoms with Gasteiger partial charge >= 0.3 is 0 Å². The van der Waals surface area contributed by atoms with E-state index in [0.717, 1.165) is 36.1 Å². The molecule has 0 aromatic heterocycles. The summed E-state index contributed by atoms with van der Waals surface area (Å²) in [7, 11) is 0. The molecule has 1 saturated heterocycles. The fraction of sp³-hybridized carbons (Fsp3) is 0.500.